The molecule has 0 fully saturated rings. The van der Waals surface area contributed by atoms with Crippen LogP contribution >= 0.6 is 11.3 Å². The molecule has 0 amide bonds. The minimum Gasteiger partial charge on any atom is -0.497 e. The van der Waals surface area contributed by atoms with Crippen LogP contribution in [0.15, 0.2) is 35.2 Å². The lowest BCUT2D eigenvalue weighted by Gasteiger charge is -2.28. The van der Waals surface area contributed by atoms with E-state index in [1.54, 1.807) is 19.5 Å². The second-order valence-corrected chi connectivity index (χ2v) is 5.40. The van der Waals surface area contributed by atoms with Crippen molar-refractivity contribution < 1.29 is 14.3 Å². The topological polar surface area (TPSA) is 60.5 Å². The number of benzene rings is 1. The van der Waals surface area contributed by atoms with E-state index in [-0.39, 0.29) is 5.97 Å². The van der Waals surface area contributed by atoms with E-state index >= 15 is 0 Å². The fourth-order valence-electron chi connectivity index (χ4n) is 2.01. The van der Waals surface area contributed by atoms with E-state index in [2.05, 4.69) is 10.3 Å². The van der Waals surface area contributed by atoms with Crippen LogP contribution < -0.4 is 10.1 Å². The van der Waals surface area contributed by atoms with E-state index < -0.39 is 5.54 Å². The number of carbonyl (C=O) groups is 1. The van der Waals surface area contributed by atoms with Crippen LogP contribution in [0.25, 0.3) is 0 Å². The van der Waals surface area contributed by atoms with Crippen LogP contribution in [0.2, 0.25) is 0 Å². The molecule has 0 saturated heterocycles. The first-order valence-electron chi connectivity index (χ1n) is 6.45. The molecule has 0 aliphatic carbocycles. The average Bonchev–Trinajstić information content (AvgIpc) is 3.05. The molecule has 1 N–H and O–H groups in total. The molecule has 0 unspecified atom stereocenters. The number of thiazole rings is 1. The van der Waals surface area contributed by atoms with Crippen LogP contribution in [0.4, 0.5) is 0 Å². The molecule has 2 rings (SSSR count). The normalized spacial score (nSPS) is 13.5. The van der Waals surface area contributed by atoms with Gasteiger partial charge < -0.3 is 9.47 Å². The van der Waals surface area contributed by atoms with E-state index in [0.29, 0.717) is 6.54 Å². The summed E-state index contributed by atoms with van der Waals surface area (Å²) in [5, 5.41) is 5.17. The number of nitrogens with zero attached hydrogens (tertiary/aromatic N) is 1. The zero-order valence-electron chi connectivity index (χ0n) is 12.3. The fourth-order valence-corrected chi connectivity index (χ4v) is 2.57. The molecule has 0 spiro atoms. The largest absolute Gasteiger partial charge is 0.497 e. The highest BCUT2D eigenvalue weighted by molar-refractivity contribution is 7.07. The smallest absolute Gasteiger partial charge is 0.330 e. The van der Waals surface area contributed by atoms with E-state index in [0.717, 1.165) is 17.0 Å². The molecule has 1 atom stereocenters. The van der Waals surface area contributed by atoms with Crippen LogP contribution in [0, 0.1) is 0 Å². The second-order valence-electron chi connectivity index (χ2n) is 4.68. The number of hydrogen-bond donors (Lipinski definition) is 1. The highest BCUT2D eigenvalue weighted by Crippen LogP contribution is 2.25. The lowest BCUT2D eigenvalue weighted by molar-refractivity contribution is -0.148. The summed E-state index contributed by atoms with van der Waals surface area (Å²) >= 11 is 1.52. The van der Waals surface area contributed by atoms with Gasteiger partial charge in [0, 0.05) is 11.9 Å². The Kier molecular flexibility index (Phi) is 4.93. The lowest BCUT2D eigenvalue weighted by atomic mass is 9.91. The molecule has 1 aromatic carbocycles. The summed E-state index contributed by atoms with van der Waals surface area (Å²) in [5.74, 6) is 0.397. The molecule has 21 heavy (non-hydrogen) atoms. The molecule has 0 aliphatic rings. The van der Waals surface area contributed by atoms with Crippen LogP contribution in [0.1, 0.15) is 18.2 Å². The summed E-state index contributed by atoms with van der Waals surface area (Å²) < 4.78 is 10.1. The van der Waals surface area contributed by atoms with Gasteiger partial charge in [0.15, 0.2) is 0 Å². The molecular weight excluding hydrogens is 288 g/mol. The maximum absolute atomic E-state index is 12.2. The van der Waals surface area contributed by atoms with Crippen molar-refractivity contribution in [2.75, 3.05) is 14.2 Å². The summed E-state index contributed by atoms with van der Waals surface area (Å²) in [6.45, 7) is 2.29. The lowest BCUT2D eigenvalue weighted by Crippen LogP contribution is -2.47. The first kappa shape index (κ1) is 15.5. The zero-order valence-corrected chi connectivity index (χ0v) is 13.1. The number of rotatable bonds is 6. The molecule has 1 aromatic heterocycles. The van der Waals surface area contributed by atoms with Gasteiger partial charge in [-0.1, -0.05) is 12.1 Å². The van der Waals surface area contributed by atoms with Gasteiger partial charge in [-0.05, 0) is 24.6 Å². The standard InChI is InChI=1S/C15H18N2O3S/c1-15(14(18)20-3,17-8-12-9-21-10-16-12)11-4-6-13(19-2)7-5-11/h4-7,9-10,17H,8H2,1-3H3/t15-/m0/s1. The van der Waals surface area contributed by atoms with Gasteiger partial charge in [-0.3, -0.25) is 5.32 Å². The van der Waals surface area contributed by atoms with Crippen LogP contribution in [0.5, 0.6) is 5.75 Å². The van der Waals surface area contributed by atoms with Crippen molar-refractivity contribution in [2.45, 2.75) is 19.0 Å². The number of methoxy groups -OCH3 is 2. The van der Waals surface area contributed by atoms with E-state index in [1.165, 1.54) is 18.4 Å². The second kappa shape index (κ2) is 6.69. The van der Waals surface area contributed by atoms with Crippen molar-refractivity contribution in [3.63, 3.8) is 0 Å². The Morgan fingerprint density at radius 1 is 1.33 bits per heavy atom. The summed E-state index contributed by atoms with van der Waals surface area (Å²) in [4.78, 5) is 16.4. The third-order valence-electron chi connectivity index (χ3n) is 3.37. The predicted octanol–water partition coefficient (Wildman–Crippen LogP) is 2.33. The van der Waals surface area contributed by atoms with Crippen molar-refractivity contribution >= 4 is 17.3 Å². The highest BCUT2D eigenvalue weighted by Gasteiger charge is 2.36. The number of nitrogens with one attached hydrogen (secondary N) is 1. The minimum absolute atomic E-state index is 0.345. The summed E-state index contributed by atoms with van der Waals surface area (Å²) in [5.41, 5.74) is 2.53. The number of aromatic nitrogens is 1. The van der Waals surface area contributed by atoms with Crippen LogP contribution in [-0.4, -0.2) is 25.2 Å². The van der Waals surface area contributed by atoms with Crippen molar-refractivity contribution in [3.8, 4) is 5.75 Å². The van der Waals surface area contributed by atoms with E-state index in [1.807, 2.05) is 29.6 Å². The Morgan fingerprint density at radius 3 is 2.57 bits per heavy atom. The van der Waals surface area contributed by atoms with Gasteiger partial charge in [0.2, 0.25) is 0 Å². The highest BCUT2D eigenvalue weighted by atomic mass is 32.1. The third kappa shape index (κ3) is 3.40. The van der Waals surface area contributed by atoms with Gasteiger partial charge in [-0.2, -0.15) is 0 Å². The summed E-state index contributed by atoms with van der Waals surface area (Å²) in [6.07, 6.45) is 0. The molecule has 6 heteroatoms. The fraction of sp³-hybridized carbons (Fsp3) is 0.333. The van der Waals surface area contributed by atoms with E-state index in [4.69, 9.17) is 9.47 Å². The average molecular weight is 306 g/mol. The molecule has 1 heterocycles. The maximum atomic E-state index is 12.2. The molecular formula is C15H18N2O3S. The van der Waals surface area contributed by atoms with Gasteiger partial charge >= 0.3 is 5.97 Å². The van der Waals surface area contributed by atoms with Crippen molar-refractivity contribution in [3.05, 3.63) is 46.4 Å². The Hall–Kier alpha value is -1.92. The Morgan fingerprint density at radius 2 is 2.05 bits per heavy atom. The number of hydrogen-bond acceptors (Lipinski definition) is 6. The number of carbonyl (C=O) groups excluding carboxylic acids is 1. The summed E-state index contributed by atoms with van der Waals surface area (Å²) in [7, 11) is 2.99. The molecule has 0 bridgehead atoms. The molecule has 112 valence electrons. The summed E-state index contributed by atoms with van der Waals surface area (Å²) in [6, 6.07) is 7.34. The molecule has 0 aliphatic heterocycles. The van der Waals surface area contributed by atoms with Crippen molar-refractivity contribution in [1.29, 1.82) is 0 Å². The van der Waals surface area contributed by atoms with Gasteiger partial charge in [0.1, 0.15) is 11.3 Å². The molecule has 0 radical (unpaired) electrons. The van der Waals surface area contributed by atoms with Crippen LogP contribution in [-0.2, 0) is 21.6 Å². The van der Waals surface area contributed by atoms with E-state index in [9.17, 15) is 4.79 Å². The van der Waals surface area contributed by atoms with Gasteiger partial charge in [0.25, 0.3) is 0 Å². The molecule has 2 aromatic rings. The third-order valence-corrected chi connectivity index (χ3v) is 4.00. The number of ether oxygens (including phenoxy) is 2. The van der Waals surface area contributed by atoms with Gasteiger partial charge in [0.05, 0.1) is 25.4 Å². The number of esters is 1. The zero-order chi connectivity index (χ0) is 15.3. The first-order chi connectivity index (χ1) is 10.1. The predicted molar refractivity (Wildman–Crippen MR) is 81.3 cm³/mol. The monoisotopic (exact) mass is 306 g/mol. The Balaban J connectivity index is 2.24. The maximum Gasteiger partial charge on any atom is 0.330 e. The Bertz CT molecular complexity index is 583. The van der Waals surface area contributed by atoms with Crippen LogP contribution in [0.3, 0.4) is 0 Å². The first-order valence-corrected chi connectivity index (χ1v) is 7.39. The van der Waals surface area contributed by atoms with Crippen molar-refractivity contribution in [1.82, 2.24) is 10.3 Å². The van der Waals surface area contributed by atoms with Crippen molar-refractivity contribution in [2.24, 2.45) is 0 Å². The quantitative estimate of drug-likeness (QED) is 0.830. The van der Waals surface area contributed by atoms with Gasteiger partial charge in [-0.25, -0.2) is 9.78 Å². The Labute approximate surface area is 127 Å². The van der Waals surface area contributed by atoms with Gasteiger partial charge in [-0.15, -0.1) is 11.3 Å². The minimum atomic E-state index is -0.940. The molecule has 0 saturated carbocycles. The SMILES string of the molecule is COC(=O)[C@@](C)(NCc1cscn1)c1ccc(OC)cc1. The molecule has 5 nitrogen and oxygen atoms in total.